The molecule has 0 saturated heterocycles. The highest BCUT2D eigenvalue weighted by molar-refractivity contribution is 6.19. The molecule has 30 heavy (non-hydrogen) atoms. The Morgan fingerprint density at radius 1 is 1.20 bits per heavy atom. The number of aliphatic imine (C=N–C) groups is 1. The van der Waals surface area contributed by atoms with Crippen molar-refractivity contribution in [1.82, 2.24) is 14.9 Å². The Bertz CT molecular complexity index is 971. The number of carbonyl (C=O) groups is 2. The SMILES string of the molecule is CCN(CC)c1ccc(/C=C2N=C(/C=C/c3cnc[nH]3)N(CC(=O)OC)C\2=O)cc1. The van der Waals surface area contributed by atoms with Gasteiger partial charge in [0.2, 0.25) is 0 Å². The lowest BCUT2D eigenvalue weighted by Crippen LogP contribution is -2.36. The summed E-state index contributed by atoms with van der Waals surface area (Å²) in [7, 11) is 1.29. The zero-order valence-corrected chi connectivity index (χ0v) is 17.3. The molecular weight excluding hydrogens is 382 g/mol. The van der Waals surface area contributed by atoms with Crippen LogP contribution in [-0.4, -0.2) is 59.3 Å². The largest absolute Gasteiger partial charge is 0.468 e. The lowest BCUT2D eigenvalue weighted by molar-refractivity contribution is -0.143. The summed E-state index contributed by atoms with van der Waals surface area (Å²) in [5.41, 5.74) is 3.00. The molecule has 8 nitrogen and oxygen atoms in total. The molecule has 8 heteroatoms. The molecule has 0 radical (unpaired) electrons. The van der Waals surface area contributed by atoms with Crippen LogP contribution < -0.4 is 4.90 Å². The van der Waals surface area contributed by atoms with Crippen LogP contribution in [0, 0.1) is 0 Å². The van der Waals surface area contributed by atoms with Crippen LogP contribution in [0.4, 0.5) is 5.69 Å². The molecule has 1 aliphatic rings. The first-order chi connectivity index (χ1) is 14.5. The molecule has 3 rings (SSSR count). The van der Waals surface area contributed by atoms with E-state index in [0.29, 0.717) is 5.84 Å². The first kappa shape index (κ1) is 21.0. The highest BCUT2D eigenvalue weighted by Gasteiger charge is 2.30. The van der Waals surface area contributed by atoms with Gasteiger partial charge in [-0.2, -0.15) is 0 Å². The molecule has 0 unspecified atom stereocenters. The predicted octanol–water partition coefficient (Wildman–Crippen LogP) is 2.72. The van der Waals surface area contributed by atoms with Gasteiger partial charge in [0.05, 0.1) is 25.3 Å². The van der Waals surface area contributed by atoms with Crippen molar-refractivity contribution < 1.29 is 14.3 Å². The van der Waals surface area contributed by atoms with Crippen molar-refractivity contribution in [3.05, 3.63) is 59.8 Å². The van der Waals surface area contributed by atoms with Gasteiger partial charge in [0, 0.05) is 18.8 Å². The van der Waals surface area contributed by atoms with E-state index in [-0.39, 0.29) is 18.1 Å². The number of rotatable bonds is 8. The molecule has 1 N–H and O–H groups in total. The van der Waals surface area contributed by atoms with E-state index < -0.39 is 5.97 Å². The molecule has 2 heterocycles. The molecule has 1 aromatic heterocycles. The number of anilines is 1. The summed E-state index contributed by atoms with van der Waals surface area (Å²) in [5.74, 6) is -0.501. The summed E-state index contributed by atoms with van der Waals surface area (Å²) >= 11 is 0. The Balaban J connectivity index is 1.87. The van der Waals surface area contributed by atoms with Crippen LogP contribution in [0.25, 0.3) is 12.2 Å². The highest BCUT2D eigenvalue weighted by Crippen LogP contribution is 2.21. The Morgan fingerprint density at radius 2 is 1.93 bits per heavy atom. The van der Waals surface area contributed by atoms with E-state index in [1.165, 1.54) is 12.0 Å². The number of esters is 1. The molecule has 0 bridgehead atoms. The molecule has 0 fully saturated rings. The molecular formula is C22H25N5O3. The third kappa shape index (κ3) is 4.83. The number of nitrogens with one attached hydrogen (secondary N) is 1. The summed E-state index contributed by atoms with van der Waals surface area (Å²) in [6, 6.07) is 7.95. The number of hydrogen-bond donors (Lipinski definition) is 1. The predicted molar refractivity (Wildman–Crippen MR) is 117 cm³/mol. The van der Waals surface area contributed by atoms with E-state index in [4.69, 9.17) is 4.74 Å². The maximum atomic E-state index is 12.9. The van der Waals surface area contributed by atoms with Crippen molar-refractivity contribution in [2.75, 3.05) is 31.6 Å². The first-order valence-corrected chi connectivity index (χ1v) is 9.76. The van der Waals surface area contributed by atoms with Gasteiger partial charge >= 0.3 is 5.97 Å². The van der Waals surface area contributed by atoms with E-state index in [9.17, 15) is 9.59 Å². The number of nitrogens with zero attached hydrogens (tertiary/aromatic N) is 4. The number of benzene rings is 1. The van der Waals surface area contributed by atoms with Crippen molar-refractivity contribution >= 4 is 35.6 Å². The zero-order valence-electron chi connectivity index (χ0n) is 17.3. The Hall–Kier alpha value is -3.68. The summed E-state index contributed by atoms with van der Waals surface area (Å²) < 4.78 is 4.72. The van der Waals surface area contributed by atoms with E-state index in [1.807, 2.05) is 24.3 Å². The average Bonchev–Trinajstić information content (AvgIpc) is 3.38. The van der Waals surface area contributed by atoms with Gasteiger partial charge in [0.15, 0.2) is 0 Å². The topological polar surface area (TPSA) is 90.9 Å². The smallest absolute Gasteiger partial charge is 0.325 e. The third-order valence-electron chi connectivity index (χ3n) is 4.75. The summed E-state index contributed by atoms with van der Waals surface area (Å²) in [6.07, 6.45) is 8.33. The monoisotopic (exact) mass is 407 g/mol. The number of amides is 1. The van der Waals surface area contributed by atoms with Crippen LogP contribution >= 0.6 is 0 Å². The number of amidine groups is 1. The van der Waals surface area contributed by atoms with Gasteiger partial charge in [0.25, 0.3) is 5.91 Å². The van der Waals surface area contributed by atoms with E-state index >= 15 is 0 Å². The van der Waals surface area contributed by atoms with Crippen LogP contribution in [0.2, 0.25) is 0 Å². The number of hydrogen-bond acceptors (Lipinski definition) is 6. The zero-order chi connectivity index (χ0) is 21.5. The van der Waals surface area contributed by atoms with Crippen molar-refractivity contribution in [1.29, 1.82) is 0 Å². The van der Waals surface area contributed by atoms with Crippen LogP contribution in [0.1, 0.15) is 25.1 Å². The quantitative estimate of drug-likeness (QED) is 0.537. The molecule has 1 aliphatic heterocycles. The van der Waals surface area contributed by atoms with Gasteiger partial charge in [-0.1, -0.05) is 12.1 Å². The lowest BCUT2D eigenvalue weighted by Gasteiger charge is -2.20. The summed E-state index contributed by atoms with van der Waals surface area (Å²) in [6.45, 7) is 5.86. The number of aromatic amines is 1. The number of H-pyrrole nitrogens is 1. The van der Waals surface area contributed by atoms with Gasteiger partial charge < -0.3 is 14.6 Å². The Morgan fingerprint density at radius 3 is 2.53 bits per heavy atom. The van der Waals surface area contributed by atoms with Gasteiger partial charge in [-0.05, 0) is 49.8 Å². The van der Waals surface area contributed by atoms with Crippen LogP contribution in [0.15, 0.2) is 53.6 Å². The summed E-state index contributed by atoms with van der Waals surface area (Å²) in [4.78, 5) is 39.5. The van der Waals surface area contributed by atoms with E-state index in [2.05, 4.69) is 33.7 Å². The molecule has 1 amide bonds. The number of ether oxygens (including phenoxy) is 1. The third-order valence-corrected chi connectivity index (χ3v) is 4.75. The fraction of sp³-hybridized carbons (Fsp3) is 0.273. The molecule has 0 aliphatic carbocycles. The van der Waals surface area contributed by atoms with Crippen LogP contribution in [0.5, 0.6) is 0 Å². The fourth-order valence-corrected chi connectivity index (χ4v) is 3.09. The lowest BCUT2D eigenvalue weighted by atomic mass is 10.1. The van der Waals surface area contributed by atoms with Crippen molar-refractivity contribution in [3.63, 3.8) is 0 Å². The molecule has 1 aromatic carbocycles. The summed E-state index contributed by atoms with van der Waals surface area (Å²) in [5, 5.41) is 0. The number of imidazole rings is 1. The number of methoxy groups -OCH3 is 1. The molecule has 156 valence electrons. The maximum Gasteiger partial charge on any atom is 0.325 e. The van der Waals surface area contributed by atoms with Gasteiger partial charge in [-0.25, -0.2) is 9.98 Å². The molecule has 0 spiro atoms. The van der Waals surface area contributed by atoms with Crippen molar-refractivity contribution in [2.24, 2.45) is 4.99 Å². The van der Waals surface area contributed by atoms with Crippen molar-refractivity contribution in [2.45, 2.75) is 13.8 Å². The van der Waals surface area contributed by atoms with Crippen molar-refractivity contribution in [3.8, 4) is 0 Å². The molecule has 0 saturated carbocycles. The van der Waals surface area contributed by atoms with Gasteiger partial charge in [-0.3, -0.25) is 14.5 Å². The van der Waals surface area contributed by atoms with E-state index in [1.54, 1.807) is 30.8 Å². The van der Waals surface area contributed by atoms with Gasteiger partial charge in [0.1, 0.15) is 18.1 Å². The second-order valence-corrected chi connectivity index (χ2v) is 6.57. The highest BCUT2D eigenvalue weighted by atomic mass is 16.5. The Kier molecular flexibility index (Phi) is 6.79. The maximum absolute atomic E-state index is 12.9. The number of carbonyl (C=O) groups excluding carboxylic acids is 2. The standard InChI is InChI=1S/C22H25N5O3/c1-4-26(5-2)18-9-6-16(7-10-18)12-19-22(29)27(14-21(28)30-3)20(25-19)11-8-17-13-23-15-24-17/h6-13,15H,4-5,14H2,1-3H3,(H,23,24)/b11-8+,19-12-. The fourth-order valence-electron chi connectivity index (χ4n) is 3.09. The Labute approximate surface area is 175 Å². The minimum absolute atomic E-state index is 0.209. The van der Waals surface area contributed by atoms with E-state index in [0.717, 1.165) is 30.0 Å². The minimum Gasteiger partial charge on any atom is -0.468 e. The van der Waals surface area contributed by atoms with Crippen LogP contribution in [-0.2, 0) is 14.3 Å². The number of aromatic nitrogens is 2. The molecule has 2 aromatic rings. The first-order valence-electron chi connectivity index (χ1n) is 9.76. The average molecular weight is 407 g/mol. The minimum atomic E-state index is -0.518. The normalized spacial score (nSPS) is 15.2. The second kappa shape index (κ2) is 9.69. The molecule has 0 atom stereocenters. The van der Waals surface area contributed by atoms with Gasteiger partial charge in [-0.15, -0.1) is 0 Å². The second-order valence-electron chi connectivity index (χ2n) is 6.57. The van der Waals surface area contributed by atoms with Crippen LogP contribution in [0.3, 0.4) is 0 Å².